The number of carbonyl (C=O) groups excluding carboxylic acids is 4. The molecule has 0 aromatic carbocycles. The number of hydrogen-bond donors (Lipinski definition) is 4. The van der Waals surface area contributed by atoms with Gasteiger partial charge in [-0.15, -0.1) is 0 Å². The Hall–Kier alpha value is -2.59. The van der Waals surface area contributed by atoms with Crippen LogP contribution >= 0.6 is 0 Å². The summed E-state index contributed by atoms with van der Waals surface area (Å²) in [6, 6.07) is 0. The molecule has 0 radical (unpaired) electrons. The van der Waals surface area contributed by atoms with Crippen LogP contribution in [0.2, 0.25) is 0 Å². The van der Waals surface area contributed by atoms with Crippen LogP contribution in [0.3, 0.4) is 0 Å². The summed E-state index contributed by atoms with van der Waals surface area (Å²) >= 11 is 0. The molecule has 37 heavy (non-hydrogen) atoms. The second kappa shape index (κ2) is 9.31. The number of ether oxygens (including phenoxy) is 1. The number of fused-ring (bicyclic) bond motifs is 5. The first-order valence-electron chi connectivity index (χ1n) is 12.9. The van der Waals surface area contributed by atoms with E-state index in [1.807, 2.05) is 0 Å². The standard InChI is InChI=1S/C27H37FN2O7/c1-15-11-19-18-6-5-16-12-17(31)7-9-24(16,2)26(18,28)20(32)13-25(19,3)27(15,36)21(33)14-37-23(35)30-10-8-22(34)29-4/h7,9,12,15,18-20,32,36H,5-6,8,10-11,13-14H2,1-4H3,(H,29,34)(H,30,35)/t15-,18+,19+,20+,24+,25+,26+,27+/m1/s1. The molecule has 3 fully saturated rings. The van der Waals surface area contributed by atoms with Crippen molar-refractivity contribution in [2.75, 3.05) is 20.2 Å². The highest BCUT2D eigenvalue weighted by atomic mass is 19.1. The van der Waals surface area contributed by atoms with Gasteiger partial charge in [-0.1, -0.05) is 25.5 Å². The number of aliphatic hydroxyl groups is 2. The molecule has 3 saturated carbocycles. The van der Waals surface area contributed by atoms with Crippen LogP contribution < -0.4 is 10.6 Å². The molecule has 0 unspecified atom stereocenters. The number of hydrogen-bond acceptors (Lipinski definition) is 7. The molecule has 10 heteroatoms. The van der Waals surface area contributed by atoms with Crippen LogP contribution in [-0.2, 0) is 19.1 Å². The predicted molar refractivity (Wildman–Crippen MR) is 131 cm³/mol. The molecule has 4 aliphatic carbocycles. The number of allylic oxidation sites excluding steroid dienone is 4. The van der Waals surface area contributed by atoms with Gasteiger partial charge in [0.1, 0.15) is 5.60 Å². The Labute approximate surface area is 215 Å². The number of alkyl carbamates (subject to hydrolysis) is 1. The zero-order chi connectivity index (χ0) is 27.4. The Kier molecular flexibility index (Phi) is 6.90. The molecule has 0 heterocycles. The molecule has 0 aliphatic heterocycles. The zero-order valence-corrected chi connectivity index (χ0v) is 21.8. The van der Waals surface area contributed by atoms with E-state index in [4.69, 9.17) is 4.74 Å². The molecular weight excluding hydrogens is 483 g/mol. The molecule has 4 aliphatic rings. The van der Waals surface area contributed by atoms with E-state index in [0.717, 1.165) is 0 Å². The summed E-state index contributed by atoms with van der Waals surface area (Å²) in [6.07, 6.45) is 3.15. The Balaban J connectivity index is 1.54. The van der Waals surface area contributed by atoms with Crippen molar-refractivity contribution < 1.29 is 38.5 Å². The van der Waals surface area contributed by atoms with Crippen LogP contribution in [-0.4, -0.2) is 71.4 Å². The van der Waals surface area contributed by atoms with Gasteiger partial charge in [-0.05, 0) is 56.6 Å². The molecule has 0 aromatic heterocycles. The van der Waals surface area contributed by atoms with Crippen LogP contribution in [0.1, 0.15) is 52.9 Å². The van der Waals surface area contributed by atoms with Crippen LogP contribution in [0.25, 0.3) is 0 Å². The van der Waals surface area contributed by atoms with Crippen molar-refractivity contribution in [3.8, 4) is 0 Å². The van der Waals surface area contributed by atoms with Crippen molar-refractivity contribution in [2.45, 2.75) is 70.2 Å². The van der Waals surface area contributed by atoms with Crippen molar-refractivity contribution in [1.29, 1.82) is 0 Å². The van der Waals surface area contributed by atoms with Gasteiger partial charge in [0.05, 0.1) is 6.10 Å². The van der Waals surface area contributed by atoms with Gasteiger partial charge in [0.2, 0.25) is 11.7 Å². The van der Waals surface area contributed by atoms with Gasteiger partial charge in [-0.3, -0.25) is 14.4 Å². The molecule has 4 N–H and O–H groups in total. The number of alkyl halides is 1. The highest BCUT2D eigenvalue weighted by molar-refractivity contribution is 6.01. The number of amides is 2. The van der Waals surface area contributed by atoms with E-state index >= 15 is 4.39 Å². The zero-order valence-electron chi connectivity index (χ0n) is 21.8. The molecule has 8 atom stereocenters. The highest BCUT2D eigenvalue weighted by Gasteiger charge is 2.75. The topological polar surface area (TPSA) is 142 Å². The molecule has 0 saturated heterocycles. The van der Waals surface area contributed by atoms with Gasteiger partial charge in [-0.2, -0.15) is 0 Å². The quantitative estimate of drug-likeness (QED) is 0.418. The van der Waals surface area contributed by atoms with E-state index in [9.17, 15) is 29.4 Å². The minimum Gasteiger partial charge on any atom is -0.441 e. The van der Waals surface area contributed by atoms with E-state index < -0.39 is 64.4 Å². The molecule has 4 rings (SSSR count). The maximum atomic E-state index is 17.2. The van der Waals surface area contributed by atoms with Crippen LogP contribution in [0, 0.1) is 28.6 Å². The summed E-state index contributed by atoms with van der Waals surface area (Å²) in [4.78, 5) is 48.7. The van der Waals surface area contributed by atoms with Crippen molar-refractivity contribution in [3.63, 3.8) is 0 Å². The third-order valence-corrected chi connectivity index (χ3v) is 9.88. The maximum Gasteiger partial charge on any atom is 0.407 e. The summed E-state index contributed by atoms with van der Waals surface area (Å²) in [5.74, 6) is -2.76. The molecular formula is C27H37FN2O7. The fraction of sp³-hybridized carbons (Fsp3) is 0.704. The van der Waals surface area contributed by atoms with Gasteiger partial charge in [0, 0.05) is 36.8 Å². The normalized spacial score (nSPS) is 42.1. The van der Waals surface area contributed by atoms with Crippen LogP contribution in [0.5, 0.6) is 0 Å². The van der Waals surface area contributed by atoms with Crippen LogP contribution in [0.4, 0.5) is 9.18 Å². The Morgan fingerprint density at radius 1 is 1.24 bits per heavy atom. The lowest BCUT2D eigenvalue weighted by Crippen LogP contribution is -2.69. The summed E-state index contributed by atoms with van der Waals surface area (Å²) in [5.41, 5.74) is -5.64. The number of Topliss-reactive ketones (excluding diaryl/α,β-unsaturated/α-hetero) is 1. The number of nitrogens with one attached hydrogen (secondary N) is 2. The van der Waals surface area contributed by atoms with E-state index in [-0.39, 0.29) is 31.1 Å². The summed E-state index contributed by atoms with van der Waals surface area (Å²) in [7, 11) is 1.47. The summed E-state index contributed by atoms with van der Waals surface area (Å²) in [5, 5.41) is 28.0. The van der Waals surface area contributed by atoms with Gasteiger partial charge in [0.25, 0.3) is 0 Å². The van der Waals surface area contributed by atoms with Gasteiger partial charge in [-0.25, -0.2) is 9.18 Å². The Bertz CT molecular complexity index is 1070. The fourth-order valence-electron chi connectivity index (χ4n) is 7.84. The lowest BCUT2D eigenvalue weighted by atomic mass is 9.44. The number of halogens is 1. The fourth-order valence-corrected chi connectivity index (χ4v) is 7.84. The number of ketones is 2. The molecule has 9 nitrogen and oxygen atoms in total. The molecule has 2 amide bonds. The van der Waals surface area contributed by atoms with Crippen molar-refractivity contribution >= 4 is 23.6 Å². The molecule has 0 aromatic rings. The van der Waals surface area contributed by atoms with Crippen molar-refractivity contribution in [1.82, 2.24) is 10.6 Å². The monoisotopic (exact) mass is 520 g/mol. The Morgan fingerprint density at radius 2 is 1.95 bits per heavy atom. The van der Waals surface area contributed by atoms with E-state index in [2.05, 4.69) is 10.6 Å². The SMILES string of the molecule is CNC(=O)CCNC(=O)OCC(=O)[C@@]1(O)[C@H](C)C[C@H]2[C@@H]3CCC4=CC(=O)C=C[C@]4(C)[C@@]3(F)[C@@H](O)C[C@@]21C. The molecule has 0 bridgehead atoms. The first kappa shape index (κ1) is 27.4. The second-order valence-corrected chi connectivity index (χ2v) is 11.5. The van der Waals surface area contributed by atoms with Crippen molar-refractivity contribution in [3.05, 3.63) is 23.8 Å². The highest BCUT2D eigenvalue weighted by Crippen LogP contribution is 2.70. The largest absolute Gasteiger partial charge is 0.441 e. The van der Waals surface area contributed by atoms with E-state index in [0.29, 0.717) is 24.8 Å². The molecule has 204 valence electrons. The smallest absolute Gasteiger partial charge is 0.407 e. The number of aliphatic hydroxyl groups excluding tert-OH is 1. The lowest BCUT2D eigenvalue weighted by Gasteiger charge is -2.62. The number of carbonyl (C=O) groups is 4. The first-order chi connectivity index (χ1) is 17.3. The average Bonchev–Trinajstić information content (AvgIpc) is 3.05. The molecule has 0 spiro atoms. The summed E-state index contributed by atoms with van der Waals surface area (Å²) < 4.78 is 22.2. The van der Waals surface area contributed by atoms with E-state index in [1.165, 1.54) is 19.2 Å². The van der Waals surface area contributed by atoms with E-state index in [1.54, 1.807) is 26.8 Å². The third kappa shape index (κ3) is 3.86. The minimum atomic E-state index is -2.06. The maximum absolute atomic E-state index is 17.2. The Morgan fingerprint density at radius 3 is 2.62 bits per heavy atom. The summed E-state index contributed by atoms with van der Waals surface area (Å²) in [6.45, 7) is 4.50. The van der Waals surface area contributed by atoms with Gasteiger partial charge < -0.3 is 25.6 Å². The predicted octanol–water partition coefficient (Wildman–Crippen LogP) is 1.77. The van der Waals surface area contributed by atoms with Crippen molar-refractivity contribution in [2.24, 2.45) is 28.6 Å². The average molecular weight is 521 g/mol. The first-order valence-corrected chi connectivity index (χ1v) is 12.9. The third-order valence-electron chi connectivity index (χ3n) is 9.88. The van der Waals surface area contributed by atoms with Gasteiger partial charge in [0.15, 0.2) is 18.1 Å². The van der Waals surface area contributed by atoms with Gasteiger partial charge >= 0.3 is 6.09 Å². The second-order valence-electron chi connectivity index (χ2n) is 11.5. The minimum absolute atomic E-state index is 0.0227. The number of rotatable bonds is 6. The van der Waals surface area contributed by atoms with Crippen LogP contribution in [0.15, 0.2) is 23.8 Å². The lowest BCUT2D eigenvalue weighted by molar-refractivity contribution is -0.219.